The second-order valence-electron chi connectivity index (χ2n) is 2.88. The summed E-state index contributed by atoms with van der Waals surface area (Å²) in [6.07, 6.45) is 4.49. The SMILES string of the molecule is O=C(O)C=C=CCCc1ccccc1. The van der Waals surface area contributed by atoms with Crippen molar-refractivity contribution >= 4 is 5.97 Å². The average Bonchev–Trinajstić information content (AvgIpc) is 2.18. The van der Waals surface area contributed by atoms with Crippen molar-refractivity contribution in [2.75, 3.05) is 0 Å². The van der Waals surface area contributed by atoms with Gasteiger partial charge in [-0.2, -0.15) is 0 Å². The second kappa shape index (κ2) is 5.79. The largest absolute Gasteiger partial charge is 0.478 e. The zero-order valence-electron chi connectivity index (χ0n) is 7.81. The number of carbonyl (C=O) groups is 1. The van der Waals surface area contributed by atoms with E-state index in [9.17, 15) is 4.79 Å². The van der Waals surface area contributed by atoms with E-state index < -0.39 is 5.97 Å². The quantitative estimate of drug-likeness (QED) is 0.582. The van der Waals surface area contributed by atoms with E-state index in [1.165, 1.54) is 5.56 Å². The Bertz CT molecular complexity index is 346. The molecule has 0 aliphatic carbocycles. The molecule has 0 heterocycles. The molecular weight excluding hydrogens is 176 g/mol. The van der Waals surface area contributed by atoms with Gasteiger partial charge in [0.2, 0.25) is 0 Å². The molecule has 0 aromatic heterocycles. The molecule has 0 aliphatic heterocycles. The summed E-state index contributed by atoms with van der Waals surface area (Å²) in [5.74, 6) is -0.957. The maximum Gasteiger partial charge on any atom is 0.336 e. The van der Waals surface area contributed by atoms with Gasteiger partial charge < -0.3 is 5.11 Å². The molecule has 2 heteroatoms. The lowest BCUT2D eigenvalue weighted by Crippen LogP contribution is -1.84. The molecule has 0 spiro atoms. The minimum atomic E-state index is -0.957. The van der Waals surface area contributed by atoms with E-state index in [1.54, 1.807) is 6.08 Å². The minimum Gasteiger partial charge on any atom is -0.478 e. The first-order valence-corrected chi connectivity index (χ1v) is 4.47. The van der Waals surface area contributed by atoms with Gasteiger partial charge in [-0.25, -0.2) is 4.79 Å². The fourth-order valence-corrected chi connectivity index (χ4v) is 1.10. The monoisotopic (exact) mass is 188 g/mol. The highest BCUT2D eigenvalue weighted by molar-refractivity contribution is 5.79. The zero-order chi connectivity index (χ0) is 10.2. The van der Waals surface area contributed by atoms with Crippen LogP contribution in [-0.2, 0) is 11.2 Å². The van der Waals surface area contributed by atoms with Crippen LogP contribution in [0.2, 0.25) is 0 Å². The van der Waals surface area contributed by atoms with Crippen LogP contribution >= 0.6 is 0 Å². The van der Waals surface area contributed by atoms with Crippen molar-refractivity contribution in [3.63, 3.8) is 0 Å². The molecule has 0 saturated carbocycles. The van der Waals surface area contributed by atoms with Gasteiger partial charge in [0.1, 0.15) is 0 Å². The van der Waals surface area contributed by atoms with Crippen LogP contribution in [0.5, 0.6) is 0 Å². The maximum absolute atomic E-state index is 10.1. The molecule has 0 aliphatic rings. The number of aryl methyl sites for hydroxylation is 1. The highest BCUT2D eigenvalue weighted by Crippen LogP contribution is 2.02. The van der Waals surface area contributed by atoms with Gasteiger partial charge >= 0.3 is 5.97 Å². The van der Waals surface area contributed by atoms with Crippen LogP contribution in [0.15, 0.2) is 48.2 Å². The highest BCUT2D eigenvalue weighted by Gasteiger charge is 1.87. The van der Waals surface area contributed by atoms with Gasteiger partial charge in [-0.15, -0.1) is 5.73 Å². The number of benzene rings is 1. The van der Waals surface area contributed by atoms with Gasteiger partial charge in [-0.1, -0.05) is 30.3 Å². The average molecular weight is 188 g/mol. The molecular formula is C12H12O2. The second-order valence-corrected chi connectivity index (χ2v) is 2.88. The summed E-state index contributed by atoms with van der Waals surface area (Å²) < 4.78 is 0. The molecule has 72 valence electrons. The molecule has 1 rings (SSSR count). The van der Waals surface area contributed by atoms with Crippen molar-refractivity contribution in [1.29, 1.82) is 0 Å². The van der Waals surface area contributed by atoms with Crippen molar-refractivity contribution in [2.45, 2.75) is 12.8 Å². The number of carboxylic acid groups (broad SMARTS) is 1. The zero-order valence-corrected chi connectivity index (χ0v) is 7.81. The molecule has 0 fully saturated rings. The molecule has 0 atom stereocenters. The summed E-state index contributed by atoms with van der Waals surface area (Å²) in [4.78, 5) is 10.1. The lowest BCUT2D eigenvalue weighted by molar-refractivity contribution is -0.131. The first kappa shape index (κ1) is 10.3. The Balaban J connectivity index is 2.36. The van der Waals surface area contributed by atoms with Crippen molar-refractivity contribution in [2.24, 2.45) is 0 Å². The molecule has 0 radical (unpaired) electrons. The molecule has 14 heavy (non-hydrogen) atoms. The lowest BCUT2D eigenvalue weighted by Gasteiger charge is -1.94. The fraction of sp³-hybridized carbons (Fsp3) is 0.167. The summed E-state index contributed by atoms with van der Waals surface area (Å²) in [5.41, 5.74) is 3.86. The van der Waals surface area contributed by atoms with Crippen LogP contribution in [0.1, 0.15) is 12.0 Å². The van der Waals surface area contributed by atoms with Crippen molar-refractivity contribution in [3.05, 3.63) is 53.8 Å². The molecule has 0 amide bonds. The normalized spacial score (nSPS) is 8.86. The molecule has 1 aromatic rings. The van der Waals surface area contributed by atoms with Crippen LogP contribution in [0.3, 0.4) is 0 Å². The van der Waals surface area contributed by atoms with Crippen molar-refractivity contribution in [1.82, 2.24) is 0 Å². The van der Waals surface area contributed by atoms with Crippen LogP contribution in [-0.4, -0.2) is 11.1 Å². The van der Waals surface area contributed by atoms with E-state index in [0.29, 0.717) is 0 Å². The van der Waals surface area contributed by atoms with E-state index in [0.717, 1.165) is 18.9 Å². The Labute approximate surface area is 83.2 Å². The Hall–Kier alpha value is -1.79. The van der Waals surface area contributed by atoms with Crippen LogP contribution in [0, 0.1) is 0 Å². The van der Waals surface area contributed by atoms with Gasteiger partial charge in [0.05, 0.1) is 6.08 Å². The summed E-state index contributed by atoms with van der Waals surface area (Å²) in [6, 6.07) is 10.1. The molecule has 1 aromatic carbocycles. The van der Waals surface area contributed by atoms with Crippen molar-refractivity contribution < 1.29 is 9.90 Å². The molecule has 1 N–H and O–H groups in total. The van der Waals surface area contributed by atoms with Gasteiger partial charge in [0.25, 0.3) is 0 Å². The lowest BCUT2D eigenvalue weighted by atomic mass is 10.1. The van der Waals surface area contributed by atoms with E-state index in [1.807, 2.05) is 18.2 Å². The van der Waals surface area contributed by atoms with E-state index in [-0.39, 0.29) is 0 Å². The Kier molecular flexibility index (Phi) is 4.25. The number of carboxylic acids is 1. The minimum absolute atomic E-state index is 0.813. The number of hydrogen-bond donors (Lipinski definition) is 1. The van der Waals surface area contributed by atoms with Crippen LogP contribution in [0.25, 0.3) is 0 Å². The Morgan fingerprint density at radius 3 is 2.71 bits per heavy atom. The standard InChI is InChI=1S/C12H12O2/c13-12(14)10-6-2-5-9-11-7-3-1-4-8-11/h1-4,7-8,10H,5,9H2,(H,13,14). The summed E-state index contributed by atoms with van der Waals surface area (Å²) >= 11 is 0. The summed E-state index contributed by atoms with van der Waals surface area (Å²) in [6.45, 7) is 0. The fourth-order valence-electron chi connectivity index (χ4n) is 1.10. The van der Waals surface area contributed by atoms with E-state index >= 15 is 0 Å². The molecule has 0 unspecified atom stereocenters. The van der Waals surface area contributed by atoms with Crippen LogP contribution < -0.4 is 0 Å². The van der Waals surface area contributed by atoms with Crippen molar-refractivity contribution in [3.8, 4) is 0 Å². The number of aliphatic carboxylic acids is 1. The molecule has 2 nitrogen and oxygen atoms in total. The third-order valence-corrected chi connectivity index (χ3v) is 1.74. The van der Waals surface area contributed by atoms with Crippen LogP contribution in [0.4, 0.5) is 0 Å². The van der Waals surface area contributed by atoms with Gasteiger partial charge in [0, 0.05) is 0 Å². The molecule has 0 saturated heterocycles. The highest BCUT2D eigenvalue weighted by atomic mass is 16.4. The predicted octanol–water partition coefficient (Wildman–Crippen LogP) is 2.42. The first-order valence-electron chi connectivity index (χ1n) is 4.47. The predicted molar refractivity (Wildman–Crippen MR) is 55.1 cm³/mol. The van der Waals surface area contributed by atoms with E-state index in [4.69, 9.17) is 5.11 Å². The Morgan fingerprint density at radius 2 is 2.07 bits per heavy atom. The van der Waals surface area contributed by atoms with E-state index in [2.05, 4.69) is 17.9 Å². The third-order valence-electron chi connectivity index (χ3n) is 1.74. The molecule has 0 bridgehead atoms. The topological polar surface area (TPSA) is 37.3 Å². The number of rotatable bonds is 4. The maximum atomic E-state index is 10.1. The Morgan fingerprint density at radius 1 is 1.36 bits per heavy atom. The summed E-state index contributed by atoms with van der Waals surface area (Å²) in [7, 11) is 0. The first-order chi connectivity index (χ1) is 6.79. The smallest absolute Gasteiger partial charge is 0.336 e. The number of hydrogen-bond acceptors (Lipinski definition) is 1. The third kappa shape index (κ3) is 4.29. The van der Waals surface area contributed by atoms with Gasteiger partial charge in [0.15, 0.2) is 0 Å². The van der Waals surface area contributed by atoms with Gasteiger partial charge in [-0.05, 0) is 24.5 Å². The summed E-state index contributed by atoms with van der Waals surface area (Å²) in [5, 5.41) is 8.29. The van der Waals surface area contributed by atoms with Gasteiger partial charge in [-0.3, -0.25) is 0 Å².